The van der Waals surface area contributed by atoms with E-state index in [0.717, 1.165) is 5.56 Å². The maximum absolute atomic E-state index is 13.7. The van der Waals surface area contributed by atoms with Crippen LogP contribution in [0.3, 0.4) is 0 Å². The lowest BCUT2D eigenvalue weighted by atomic mass is 10.2. The van der Waals surface area contributed by atoms with E-state index in [9.17, 15) is 13.6 Å². The molecular weight excluding hydrogens is 342 g/mol. The molecule has 1 amide bonds. The van der Waals surface area contributed by atoms with Crippen molar-refractivity contribution in [1.82, 2.24) is 0 Å². The number of nitrogens with one attached hydrogen (secondary N) is 2. The lowest BCUT2D eigenvalue weighted by molar-refractivity contribution is -0.114. The third-order valence-electron chi connectivity index (χ3n) is 2.75. The van der Waals surface area contributed by atoms with E-state index in [1.54, 1.807) is 12.1 Å². The minimum absolute atomic E-state index is 0.227. The zero-order chi connectivity index (χ0) is 15.4. The molecular formula is C15H13BrF2N2O. The van der Waals surface area contributed by atoms with E-state index in [0.29, 0.717) is 16.7 Å². The number of carbonyl (C=O) groups is 1. The molecule has 0 bridgehead atoms. The van der Waals surface area contributed by atoms with Crippen molar-refractivity contribution in [3.63, 3.8) is 0 Å². The minimum atomic E-state index is -0.426. The summed E-state index contributed by atoms with van der Waals surface area (Å²) in [5.74, 6) is -1.00. The summed E-state index contributed by atoms with van der Waals surface area (Å²) in [6.07, 6.45) is 0. The van der Waals surface area contributed by atoms with Crippen molar-refractivity contribution in [3.05, 3.63) is 58.1 Å². The van der Waals surface area contributed by atoms with Gasteiger partial charge in [0.05, 0.1) is 10.2 Å². The maximum atomic E-state index is 13.7. The molecule has 0 radical (unpaired) electrons. The fourth-order valence-electron chi connectivity index (χ4n) is 1.79. The Bertz CT molecular complexity index is 677. The van der Waals surface area contributed by atoms with Gasteiger partial charge in [-0.2, -0.15) is 0 Å². The van der Waals surface area contributed by atoms with E-state index in [4.69, 9.17) is 0 Å². The molecule has 2 aromatic carbocycles. The number of rotatable bonds is 4. The quantitative estimate of drug-likeness (QED) is 0.859. The molecule has 0 saturated heterocycles. The first-order valence-corrected chi connectivity index (χ1v) is 7.00. The Balaban J connectivity index is 2.11. The monoisotopic (exact) mass is 354 g/mol. The van der Waals surface area contributed by atoms with Crippen LogP contribution in [0.1, 0.15) is 12.5 Å². The van der Waals surface area contributed by atoms with Crippen LogP contribution in [0.15, 0.2) is 40.9 Å². The van der Waals surface area contributed by atoms with Gasteiger partial charge in [0, 0.05) is 19.2 Å². The standard InChI is InChI=1S/C15H13BrF2N2O/c1-9(21)20-11-3-5-14(18)15(7-11)19-8-10-2-4-13(17)12(16)6-10/h2-7,19H,8H2,1H3,(H,20,21). The van der Waals surface area contributed by atoms with Gasteiger partial charge in [-0.15, -0.1) is 0 Å². The second kappa shape index (κ2) is 6.67. The summed E-state index contributed by atoms with van der Waals surface area (Å²) in [4.78, 5) is 11.0. The predicted molar refractivity (Wildman–Crippen MR) is 82.1 cm³/mol. The summed E-state index contributed by atoms with van der Waals surface area (Å²) in [6, 6.07) is 8.84. The molecule has 0 aromatic heterocycles. The highest BCUT2D eigenvalue weighted by molar-refractivity contribution is 9.10. The van der Waals surface area contributed by atoms with Crippen LogP contribution in [-0.2, 0) is 11.3 Å². The number of benzene rings is 2. The van der Waals surface area contributed by atoms with Crippen LogP contribution in [0.5, 0.6) is 0 Å². The van der Waals surface area contributed by atoms with Crippen molar-refractivity contribution in [2.24, 2.45) is 0 Å². The average molecular weight is 355 g/mol. The molecule has 2 rings (SSSR count). The molecule has 0 saturated carbocycles. The molecule has 0 atom stereocenters. The van der Waals surface area contributed by atoms with Gasteiger partial charge >= 0.3 is 0 Å². The van der Waals surface area contributed by atoms with Crippen molar-refractivity contribution >= 4 is 33.2 Å². The molecule has 0 aliphatic carbocycles. The lowest BCUT2D eigenvalue weighted by Gasteiger charge is -2.10. The number of carbonyl (C=O) groups excluding carboxylic acids is 1. The SMILES string of the molecule is CC(=O)Nc1ccc(F)c(NCc2ccc(F)c(Br)c2)c1. The first-order chi connectivity index (χ1) is 9.95. The second-order valence-corrected chi connectivity index (χ2v) is 5.33. The fourth-order valence-corrected chi connectivity index (χ4v) is 2.21. The molecule has 110 valence electrons. The molecule has 21 heavy (non-hydrogen) atoms. The van der Waals surface area contributed by atoms with E-state index in [1.807, 2.05) is 0 Å². The topological polar surface area (TPSA) is 41.1 Å². The summed E-state index contributed by atoms with van der Waals surface area (Å²) in [5, 5.41) is 5.50. The summed E-state index contributed by atoms with van der Waals surface area (Å²) >= 11 is 3.10. The molecule has 2 aromatic rings. The summed E-state index contributed by atoms with van der Waals surface area (Å²) in [5.41, 5.74) is 1.57. The highest BCUT2D eigenvalue weighted by Gasteiger charge is 2.06. The molecule has 0 unspecified atom stereocenters. The van der Waals surface area contributed by atoms with Gasteiger partial charge in [-0.25, -0.2) is 8.78 Å². The van der Waals surface area contributed by atoms with Crippen molar-refractivity contribution in [2.75, 3.05) is 10.6 Å². The molecule has 2 N–H and O–H groups in total. The Morgan fingerprint density at radius 1 is 1.14 bits per heavy atom. The van der Waals surface area contributed by atoms with Crippen LogP contribution < -0.4 is 10.6 Å². The average Bonchev–Trinajstić information content (AvgIpc) is 2.42. The number of anilines is 2. The lowest BCUT2D eigenvalue weighted by Crippen LogP contribution is -2.07. The molecule has 0 fully saturated rings. The van der Waals surface area contributed by atoms with Crippen molar-refractivity contribution in [2.45, 2.75) is 13.5 Å². The van der Waals surface area contributed by atoms with Gasteiger partial charge in [0.25, 0.3) is 0 Å². The largest absolute Gasteiger partial charge is 0.379 e. The fraction of sp³-hybridized carbons (Fsp3) is 0.133. The van der Waals surface area contributed by atoms with E-state index >= 15 is 0 Å². The number of amides is 1. The van der Waals surface area contributed by atoms with Gasteiger partial charge in [0.1, 0.15) is 11.6 Å². The zero-order valence-electron chi connectivity index (χ0n) is 11.2. The Morgan fingerprint density at radius 2 is 1.86 bits per heavy atom. The first-order valence-electron chi connectivity index (χ1n) is 6.20. The third kappa shape index (κ3) is 4.26. The van der Waals surface area contributed by atoms with Gasteiger partial charge in [0.2, 0.25) is 5.91 Å². The van der Waals surface area contributed by atoms with Crippen LogP contribution in [0.2, 0.25) is 0 Å². The van der Waals surface area contributed by atoms with Crippen molar-refractivity contribution in [1.29, 1.82) is 0 Å². The van der Waals surface area contributed by atoms with E-state index in [2.05, 4.69) is 26.6 Å². The predicted octanol–water partition coefficient (Wildman–Crippen LogP) is 4.30. The molecule has 0 spiro atoms. The molecule has 0 heterocycles. The van der Waals surface area contributed by atoms with Gasteiger partial charge in [-0.05, 0) is 51.8 Å². The number of halogens is 3. The van der Waals surface area contributed by atoms with Gasteiger partial charge in [-0.1, -0.05) is 6.07 Å². The number of hydrogen-bond acceptors (Lipinski definition) is 2. The van der Waals surface area contributed by atoms with E-state index < -0.39 is 5.82 Å². The highest BCUT2D eigenvalue weighted by atomic mass is 79.9. The molecule has 0 aliphatic heterocycles. The zero-order valence-corrected chi connectivity index (χ0v) is 12.8. The molecule has 6 heteroatoms. The Hall–Kier alpha value is -1.95. The third-order valence-corrected chi connectivity index (χ3v) is 3.36. The minimum Gasteiger partial charge on any atom is -0.379 e. The smallest absolute Gasteiger partial charge is 0.221 e. The van der Waals surface area contributed by atoms with Crippen LogP contribution in [0, 0.1) is 11.6 Å². The Kier molecular flexibility index (Phi) is 4.90. The van der Waals surface area contributed by atoms with E-state index in [1.165, 1.54) is 31.2 Å². The van der Waals surface area contributed by atoms with Gasteiger partial charge in [0.15, 0.2) is 0 Å². The Labute approximate surface area is 129 Å². The molecule has 0 aliphatic rings. The van der Waals surface area contributed by atoms with Gasteiger partial charge < -0.3 is 10.6 Å². The van der Waals surface area contributed by atoms with Crippen LogP contribution >= 0.6 is 15.9 Å². The molecule has 3 nitrogen and oxygen atoms in total. The van der Waals surface area contributed by atoms with Crippen molar-refractivity contribution < 1.29 is 13.6 Å². The highest BCUT2D eigenvalue weighted by Crippen LogP contribution is 2.22. The summed E-state index contributed by atoms with van der Waals surface area (Å²) in [7, 11) is 0. The first kappa shape index (κ1) is 15.4. The van der Waals surface area contributed by atoms with Gasteiger partial charge in [-0.3, -0.25) is 4.79 Å². The second-order valence-electron chi connectivity index (χ2n) is 4.48. The maximum Gasteiger partial charge on any atom is 0.221 e. The van der Waals surface area contributed by atoms with Crippen molar-refractivity contribution in [3.8, 4) is 0 Å². The van der Waals surface area contributed by atoms with Crippen LogP contribution in [0.25, 0.3) is 0 Å². The van der Waals surface area contributed by atoms with Crippen LogP contribution in [0.4, 0.5) is 20.2 Å². The van der Waals surface area contributed by atoms with Crippen LogP contribution in [-0.4, -0.2) is 5.91 Å². The summed E-state index contributed by atoms with van der Waals surface area (Å²) in [6.45, 7) is 1.71. The Morgan fingerprint density at radius 3 is 2.52 bits per heavy atom. The summed E-state index contributed by atoms with van der Waals surface area (Å²) < 4.78 is 27.2. The van der Waals surface area contributed by atoms with E-state index in [-0.39, 0.29) is 17.4 Å². The number of hydrogen-bond donors (Lipinski definition) is 2. The normalized spacial score (nSPS) is 10.3.